The largest absolute Gasteiger partial charge is 0.468 e. The number of esters is 1. The summed E-state index contributed by atoms with van der Waals surface area (Å²) in [5, 5.41) is 0. The Morgan fingerprint density at radius 1 is 1.14 bits per heavy atom. The van der Waals surface area contributed by atoms with Crippen molar-refractivity contribution in [2.75, 3.05) is 13.7 Å². The van der Waals surface area contributed by atoms with Crippen LogP contribution in [0.1, 0.15) is 24.2 Å². The van der Waals surface area contributed by atoms with Gasteiger partial charge in [-0.05, 0) is 31.5 Å². The molecule has 0 aromatic heterocycles. The van der Waals surface area contributed by atoms with Crippen molar-refractivity contribution in [2.24, 2.45) is 0 Å². The molecule has 6 nitrogen and oxygen atoms in total. The number of hydrogen-bond acceptors (Lipinski definition) is 5. The highest BCUT2D eigenvalue weighted by atomic mass is 79.9. The minimum atomic E-state index is -3.96. The zero-order valence-corrected chi connectivity index (χ0v) is 18.9. The molecule has 156 valence electrons. The van der Waals surface area contributed by atoms with E-state index in [4.69, 9.17) is 9.47 Å². The molecule has 0 amide bonds. The SMILES string of the molecule is COC(=O)C1C(C)OC(c2ccccc2)C(Br)CN1S(=O)(=O)c1ccc(C)cc1. The van der Waals surface area contributed by atoms with E-state index in [0.717, 1.165) is 11.1 Å². The molecular formula is C21H24BrNO5S. The van der Waals surface area contributed by atoms with Gasteiger partial charge in [0.25, 0.3) is 0 Å². The molecule has 2 aromatic rings. The summed E-state index contributed by atoms with van der Waals surface area (Å²) < 4.78 is 39.2. The van der Waals surface area contributed by atoms with Crippen LogP contribution in [0.3, 0.4) is 0 Å². The summed E-state index contributed by atoms with van der Waals surface area (Å²) in [6, 6.07) is 15.0. The first-order valence-corrected chi connectivity index (χ1v) is 11.6. The average Bonchev–Trinajstić information content (AvgIpc) is 2.85. The van der Waals surface area contributed by atoms with E-state index < -0.39 is 34.2 Å². The van der Waals surface area contributed by atoms with Gasteiger partial charge in [0.05, 0.1) is 29.0 Å². The van der Waals surface area contributed by atoms with E-state index in [2.05, 4.69) is 15.9 Å². The molecule has 8 heteroatoms. The van der Waals surface area contributed by atoms with Crippen molar-refractivity contribution in [2.45, 2.75) is 41.8 Å². The van der Waals surface area contributed by atoms with Crippen LogP contribution >= 0.6 is 15.9 Å². The first-order valence-electron chi connectivity index (χ1n) is 9.26. The summed E-state index contributed by atoms with van der Waals surface area (Å²) in [5.74, 6) is -0.651. The summed E-state index contributed by atoms with van der Waals surface area (Å²) in [5.41, 5.74) is 1.85. The number of methoxy groups -OCH3 is 1. The molecule has 4 unspecified atom stereocenters. The highest BCUT2D eigenvalue weighted by Gasteiger charge is 2.46. The fraction of sp³-hybridized carbons (Fsp3) is 0.381. The Balaban J connectivity index is 2.05. The van der Waals surface area contributed by atoms with E-state index >= 15 is 0 Å². The second-order valence-corrected chi connectivity index (χ2v) is 10.1. The van der Waals surface area contributed by atoms with Crippen LogP contribution in [0, 0.1) is 6.92 Å². The van der Waals surface area contributed by atoms with E-state index in [1.165, 1.54) is 11.4 Å². The Hall–Kier alpha value is -1.74. The molecule has 0 saturated carbocycles. The molecule has 0 radical (unpaired) electrons. The van der Waals surface area contributed by atoms with Gasteiger partial charge in [-0.3, -0.25) is 4.79 Å². The number of hydrogen-bond donors (Lipinski definition) is 0. The predicted molar refractivity (Wildman–Crippen MR) is 113 cm³/mol. The van der Waals surface area contributed by atoms with Crippen molar-refractivity contribution in [1.82, 2.24) is 4.31 Å². The predicted octanol–water partition coefficient (Wildman–Crippen LogP) is 3.45. The van der Waals surface area contributed by atoms with Crippen molar-refractivity contribution < 1.29 is 22.7 Å². The minimum absolute atomic E-state index is 0.0554. The molecular weight excluding hydrogens is 458 g/mol. The third-order valence-corrected chi connectivity index (χ3v) is 7.63. The van der Waals surface area contributed by atoms with Gasteiger partial charge in [-0.25, -0.2) is 8.42 Å². The molecule has 1 fully saturated rings. The maximum atomic E-state index is 13.5. The minimum Gasteiger partial charge on any atom is -0.468 e. The number of aryl methyl sites for hydroxylation is 1. The molecule has 1 aliphatic rings. The Labute approximate surface area is 180 Å². The van der Waals surface area contributed by atoms with Crippen LogP contribution in [0.5, 0.6) is 0 Å². The molecule has 1 aliphatic heterocycles. The number of rotatable bonds is 4. The Morgan fingerprint density at radius 2 is 1.76 bits per heavy atom. The molecule has 0 bridgehead atoms. The number of nitrogens with zero attached hydrogens (tertiary/aromatic N) is 1. The van der Waals surface area contributed by atoms with Gasteiger partial charge in [0.1, 0.15) is 6.04 Å². The first-order chi connectivity index (χ1) is 13.8. The third kappa shape index (κ3) is 4.55. The quantitative estimate of drug-likeness (QED) is 0.493. The van der Waals surface area contributed by atoms with Crippen LogP contribution in [0.2, 0.25) is 0 Å². The number of ether oxygens (including phenoxy) is 2. The van der Waals surface area contributed by atoms with Crippen molar-refractivity contribution >= 4 is 31.9 Å². The molecule has 4 atom stereocenters. The Kier molecular flexibility index (Phi) is 6.78. The van der Waals surface area contributed by atoms with Crippen molar-refractivity contribution in [3.05, 3.63) is 65.7 Å². The maximum absolute atomic E-state index is 13.5. The van der Waals surface area contributed by atoms with Gasteiger partial charge < -0.3 is 9.47 Å². The lowest BCUT2D eigenvalue weighted by atomic mass is 10.1. The molecule has 29 heavy (non-hydrogen) atoms. The standard InChI is InChI=1S/C21H24BrNO5S/c1-14-9-11-17(12-10-14)29(25,26)23-13-18(22)20(16-7-5-4-6-8-16)28-15(2)19(23)21(24)27-3/h4-12,15,18-20H,13H2,1-3H3. The topological polar surface area (TPSA) is 72.9 Å². The molecule has 3 rings (SSSR count). The summed E-state index contributed by atoms with van der Waals surface area (Å²) in [7, 11) is -2.71. The second-order valence-electron chi connectivity index (χ2n) is 7.04. The first kappa shape index (κ1) is 22.0. The molecule has 2 aromatic carbocycles. The van der Waals surface area contributed by atoms with Crippen LogP contribution in [-0.4, -0.2) is 49.3 Å². The van der Waals surface area contributed by atoms with Gasteiger partial charge in [0, 0.05) is 6.54 Å². The van der Waals surface area contributed by atoms with Gasteiger partial charge >= 0.3 is 5.97 Å². The zero-order valence-electron chi connectivity index (χ0n) is 16.5. The van der Waals surface area contributed by atoms with Crippen molar-refractivity contribution in [3.8, 4) is 0 Å². The number of carbonyl (C=O) groups excluding carboxylic acids is 1. The average molecular weight is 482 g/mol. The normalized spacial score (nSPS) is 25.9. The van der Waals surface area contributed by atoms with E-state index in [0.29, 0.717) is 0 Å². The summed E-state index contributed by atoms with van der Waals surface area (Å²) in [4.78, 5) is 12.4. The number of benzene rings is 2. The lowest BCUT2D eigenvalue weighted by Gasteiger charge is -2.30. The summed E-state index contributed by atoms with van der Waals surface area (Å²) in [6.07, 6.45) is -1.13. The molecule has 0 aliphatic carbocycles. The van der Waals surface area contributed by atoms with Crippen LogP contribution in [0.25, 0.3) is 0 Å². The summed E-state index contributed by atoms with van der Waals surface area (Å²) in [6.45, 7) is 3.63. The smallest absolute Gasteiger partial charge is 0.326 e. The third-order valence-electron chi connectivity index (χ3n) is 5.00. The molecule has 1 saturated heterocycles. The van der Waals surface area contributed by atoms with E-state index in [1.54, 1.807) is 31.2 Å². The summed E-state index contributed by atoms with van der Waals surface area (Å²) >= 11 is 3.60. The number of alkyl halides is 1. The highest BCUT2D eigenvalue weighted by molar-refractivity contribution is 9.09. The number of carbonyl (C=O) groups is 1. The van der Waals surface area contributed by atoms with Gasteiger partial charge in [-0.1, -0.05) is 64.0 Å². The number of sulfonamides is 1. The Morgan fingerprint density at radius 3 is 2.34 bits per heavy atom. The van der Waals surface area contributed by atoms with Crippen LogP contribution in [0.15, 0.2) is 59.5 Å². The second kappa shape index (κ2) is 8.95. The van der Waals surface area contributed by atoms with E-state index in [-0.39, 0.29) is 16.3 Å². The molecule has 0 spiro atoms. The van der Waals surface area contributed by atoms with Gasteiger partial charge in [0.2, 0.25) is 10.0 Å². The fourth-order valence-electron chi connectivity index (χ4n) is 3.46. The van der Waals surface area contributed by atoms with E-state index in [9.17, 15) is 13.2 Å². The fourth-order valence-corrected chi connectivity index (χ4v) is 6.06. The van der Waals surface area contributed by atoms with Gasteiger partial charge in [-0.2, -0.15) is 4.31 Å². The van der Waals surface area contributed by atoms with Crippen molar-refractivity contribution in [3.63, 3.8) is 0 Å². The van der Waals surface area contributed by atoms with Gasteiger partial charge in [-0.15, -0.1) is 0 Å². The van der Waals surface area contributed by atoms with Crippen LogP contribution < -0.4 is 0 Å². The molecule has 0 N–H and O–H groups in total. The maximum Gasteiger partial charge on any atom is 0.326 e. The highest BCUT2D eigenvalue weighted by Crippen LogP contribution is 2.36. The van der Waals surface area contributed by atoms with Crippen LogP contribution in [0.4, 0.5) is 0 Å². The number of halogens is 1. The Bertz CT molecular complexity index is 949. The zero-order chi connectivity index (χ0) is 21.2. The van der Waals surface area contributed by atoms with E-state index in [1.807, 2.05) is 37.3 Å². The lowest BCUT2D eigenvalue weighted by Crippen LogP contribution is -2.51. The van der Waals surface area contributed by atoms with Gasteiger partial charge in [0.15, 0.2) is 0 Å². The van der Waals surface area contributed by atoms with Crippen molar-refractivity contribution in [1.29, 1.82) is 0 Å². The van der Waals surface area contributed by atoms with Crippen LogP contribution in [-0.2, 0) is 24.3 Å². The molecule has 1 heterocycles. The lowest BCUT2D eigenvalue weighted by molar-refractivity contribution is -0.150. The monoisotopic (exact) mass is 481 g/mol.